The molecule has 0 saturated carbocycles. The summed E-state index contributed by atoms with van der Waals surface area (Å²) in [6, 6.07) is 5.29. The fourth-order valence-corrected chi connectivity index (χ4v) is 2.18. The first kappa shape index (κ1) is 14.6. The summed E-state index contributed by atoms with van der Waals surface area (Å²) in [5.74, 6) is 5.97. The van der Waals surface area contributed by atoms with Gasteiger partial charge >= 0.3 is 0 Å². The monoisotopic (exact) mass is 302 g/mol. The van der Waals surface area contributed by atoms with Gasteiger partial charge in [0.05, 0.1) is 4.47 Å². The van der Waals surface area contributed by atoms with E-state index in [0.717, 1.165) is 24.8 Å². The minimum atomic E-state index is -0.220. The highest BCUT2D eigenvalue weighted by Crippen LogP contribution is 2.22. The van der Waals surface area contributed by atoms with Gasteiger partial charge in [0.15, 0.2) is 0 Å². The Morgan fingerprint density at radius 1 is 1.35 bits per heavy atom. The van der Waals surface area contributed by atoms with E-state index in [0.29, 0.717) is 10.4 Å². The quantitative estimate of drug-likeness (QED) is 0.624. The summed E-state index contributed by atoms with van der Waals surface area (Å²) in [4.78, 5) is 0. The predicted octanol–water partition coefficient (Wildman–Crippen LogP) is 3.40. The van der Waals surface area contributed by atoms with E-state index in [4.69, 9.17) is 5.84 Å². The zero-order chi connectivity index (χ0) is 12.8. The summed E-state index contributed by atoms with van der Waals surface area (Å²) >= 11 is 3.27. The van der Waals surface area contributed by atoms with Gasteiger partial charge in [-0.3, -0.25) is 11.3 Å². The number of halogens is 2. The van der Waals surface area contributed by atoms with Crippen molar-refractivity contribution in [3.63, 3.8) is 0 Å². The first-order valence-corrected chi connectivity index (χ1v) is 6.73. The molecule has 2 nitrogen and oxygen atoms in total. The van der Waals surface area contributed by atoms with Crippen LogP contribution in [0.3, 0.4) is 0 Å². The van der Waals surface area contributed by atoms with Crippen LogP contribution in [0.25, 0.3) is 0 Å². The highest BCUT2D eigenvalue weighted by atomic mass is 79.9. The molecule has 17 heavy (non-hydrogen) atoms. The van der Waals surface area contributed by atoms with E-state index >= 15 is 0 Å². The Hall–Kier alpha value is -0.450. The Kier molecular flexibility index (Phi) is 6.09. The summed E-state index contributed by atoms with van der Waals surface area (Å²) in [6.45, 7) is 4.37. The molecule has 0 aliphatic carbocycles. The summed E-state index contributed by atoms with van der Waals surface area (Å²) < 4.78 is 13.9. The zero-order valence-corrected chi connectivity index (χ0v) is 11.9. The third kappa shape index (κ3) is 4.74. The lowest BCUT2D eigenvalue weighted by atomic mass is 9.98. The number of hydrazine groups is 1. The minimum Gasteiger partial charge on any atom is -0.271 e. The predicted molar refractivity (Wildman–Crippen MR) is 73.0 cm³/mol. The summed E-state index contributed by atoms with van der Waals surface area (Å²) in [6.07, 6.45) is 2.85. The molecule has 0 fully saturated rings. The van der Waals surface area contributed by atoms with Gasteiger partial charge in [-0.05, 0) is 52.7 Å². The third-order valence-electron chi connectivity index (χ3n) is 2.83. The molecule has 0 aliphatic heterocycles. The molecule has 0 radical (unpaired) electrons. The van der Waals surface area contributed by atoms with Gasteiger partial charge in [-0.15, -0.1) is 0 Å². The summed E-state index contributed by atoms with van der Waals surface area (Å²) in [5, 5.41) is 0. The van der Waals surface area contributed by atoms with Crippen LogP contribution < -0.4 is 11.3 Å². The molecule has 3 N–H and O–H groups in total. The molecule has 1 unspecified atom stereocenters. The molecule has 1 rings (SSSR count). The minimum absolute atomic E-state index is 0.190. The molecule has 4 heteroatoms. The van der Waals surface area contributed by atoms with Crippen LogP contribution in [0, 0.1) is 11.7 Å². The fourth-order valence-electron chi connectivity index (χ4n) is 1.75. The highest BCUT2D eigenvalue weighted by molar-refractivity contribution is 9.10. The van der Waals surface area contributed by atoms with Gasteiger partial charge < -0.3 is 0 Å². The molecule has 1 aromatic carbocycles. The van der Waals surface area contributed by atoms with Crippen LogP contribution in [0.15, 0.2) is 22.7 Å². The largest absolute Gasteiger partial charge is 0.271 e. The van der Waals surface area contributed by atoms with Crippen molar-refractivity contribution in [2.75, 3.05) is 0 Å². The van der Waals surface area contributed by atoms with Gasteiger partial charge in [0, 0.05) is 6.04 Å². The van der Waals surface area contributed by atoms with Crippen LogP contribution in [-0.2, 0) is 6.42 Å². The van der Waals surface area contributed by atoms with Crippen molar-refractivity contribution >= 4 is 15.9 Å². The zero-order valence-electron chi connectivity index (χ0n) is 10.3. The van der Waals surface area contributed by atoms with Crippen molar-refractivity contribution in [2.45, 2.75) is 39.2 Å². The Morgan fingerprint density at radius 2 is 2.06 bits per heavy atom. The normalized spacial score (nSPS) is 13.1. The number of nitrogens with one attached hydrogen (secondary N) is 1. The molecule has 0 saturated heterocycles. The molecular formula is C13H20BrFN2. The van der Waals surface area contributed by atoms with Crippen molar-refractivity contribution < 1.29 is 4.39 Å². The molecule has 0 bridgehead atoms. The lowest BCUT2D eigenvalue weighted by Crippen LogP contribution is -2.37. The Morgan fingerprint density at radius 3 is 2.65 bits per heavy atom. The molecule has 0 aromatic heterocycles. The summed E-state index contributed by atoms with van der Waals surface area (Å²) in [7, 11) is 0. The second-order valence-corrected chi connectivity index (χ2v) is 5.54. The second kappa shape index (κ2) is 7.09. The number of benzene rings is 1. The van der Waals surface area contributed by atoms with E-state index < -0.39 is 0 Å². The van der Waals surface area contributed by atoms with Gasteiger partial charge in [0.25, 0.3) is 0 Å². The lowest BCUT2D eigenvalue weighted by Gasteiger charge is -2.18. The van der Waals surface area contributed by atoms with Crippen molar-refractivity contribution in [1.82, 2.24) is 5.43 Å². The Bertz CT molecular complexity index is 355. The molecule has 1 aromatic rings. The molecule has 0 amide bonds. The maximum absolute atomic E-state index is 13.3. The maximum atomic E-state index is 13.3. The number of hydrogen-bond donors (Lipinski definition) is 2. The van der Waals surface area contributed by atoms with Crippen molar-refractivity contribution in [2.24, 2.45) is 11.8 Å². The Labute approximate surface area is 111 Å². The standard InChI is InChI=1S/C13H20BrFN2/c1-9(2)6-7-11(17-16)8-10-4-3-5-12(15)13(10)14/h3-5,9,11,17H,6-8,16H2,1-2H3. The molecule has 96 valence electrons. The molecule has 1 atom stereocenters. The van der Waals surface area contributed by atoms with E-state index in [1.54, 1.807) is 6.07 Å². The number of hydrogen-bond acceptors (Lipinski definition) is 2. The molecule has 0 spiro atoms. The van der Waals surface area contributed by atoms with E-state index in [1.807, 2.05) is 6.07 Å². The maximum Gasteiger partial charge on any atom is 0.137 e. The SMILES string of the molecule is CC(C)CCC(Cc1cccc(F)c1Br)NN. The number of nitrogens with two attached hydrogens (primary N) is 1. The number of rotatable bonds is 6. The van der Waals surface area contributed by atoms with E-state index in [9.17, 15) is 4.39 Å². The fraction of sp³-hybridized carbons (Fsp3) is 0.538. The van der Waals surface area contributed by atoms with Crippen LogP contribution in [0.5, 0.6) is 0 Å². The second-order valence-electron chi connectivity index (χ2n) is 4.75. The van der Waals surface area contributed by atoms with Crippen LogP contribution in [0.2, 0.25) is 0 Å². The van der Waals surface area contributed by atoms with Crippen molar-refractivity contribution in [3.05, 3.63) is 34.1 Å². The first-order chi connectivity index (χ1) is 8.04. The Balaban J connectivity index is 2.64. The average molecular weight is 303 g/mol. The van der Waals surface area contributed by atoms with Gasteiger partial charge in [-0.2, -0.15) is 0 Å². The molecular weight excluding hydrogens is 283 g/mol. The van der Waals surface area contributed by atoms with Gasteiger partial charge in [-0.25, -0.2) is 4.39 Å². The van der Waals surface area contributed by atoms with Crippen LogP contribution >= 0.6 is 15.9 Å². The smallest absolute Gasteiger partial charge is 0.137 e. The van der Waals surface area contributed by atoms with Crippen LogP contribution in [0.1, 0.15) is 32.3 Å². The molecule has 0 aliphatic rings. The van der Waals surface area contributed by atoms with Crippen LogP contribution in [0.4, 0.5) is 4.39 Å². The summed E-state index contributed by atoms with van der Waals surface area (Å²) in [5.41, 5.74) is 3.76. The van der Waals surface area contributed by atoms with E-state index in [1.165, 1.54) is 6.07 Å². The van der Waals surface area contributed by atoms with Crippen molar-refractivity contribution in [1.29, 1.82) is 0 Å². The van der Waals surface area contributed by atoms with Crippen molar-refractivity contribution in [3.8, 4) is 0 Å². The average Bonchev–Trinajstić information content (AvgIpc) is 2.29. The third-order valence-corrected chi connectivity index (χ3v) is 3.71. The topological polar surface area (TPSA) is 38.0 Å². The van der Waals surface area contributed by atoms with Gasteiger partial charge in [-0.1, -0.05) is 26.0 Å². The van der Waals surface area contributed by atoms with Gasteiger partial charge in [0.1, 0.15) is 5.82 Å². The lowest BCUT2D eigenvalue weighted by molar-refractivity contribution is 0.433. The first-order valence-electron chi connectivity index (χ1n) is 5.93. The molecule has 0 heterocycles. The van der Waals surface area contributed by atoms with E-state index in [2.05, 4.69) is 35.2 Å². The highest BCUT2D eigenvalue weighted by Gasteiger charge is 2.12. The van der Waals surface area contributed by atoms with E-state index in [-0.39, 0.29) is 11.9 Å². The van der Waals surface area contributed by atoms with Gasteiger partial charge in [0.2, 0.25) is 0 Å². The van der Waals surface area contributed by atoms with Crippen LogP contribution in [-0.4, -0.2) is 6.04 Å².